The molecule has 2 heterocycles. The quantitative estimate of drug-likeness (QED) is 0.823. The van der Waals surface area contributed by atoms with Crippen LogP contribution in [0.2, 0.25) is 10.2 Å². The average Bonchev–Trinajstić information content (AvgIpc) is 3.49. The molecule has 6 nitrogen and oxygen atoms in total. The molecule has 2 aromatic rings. The van der Waals surface area contributed by atoms with Crippen molar-refractivity contribution < 1.29 is 9.53 Å². The molecule has 8 heteroatoms. The van der Waals surface area contributed by atoms with Gasteiger partial charge in [-0.3, -0.25) is 9.79 Å². The zero-order valence-electron chi connectivity index (χ0n) is 14.5. The maximum absolute atomic E-state index is 12.2. The Labute approximate surface area is 166 Å². The molecule has 1 aliphatic carbocycles. The summed E-state index contributed by atoms with van der Waals surface area (Å²) in [5.41, 5.74) is 2.31. The van der Waals surface area contributed by atoms with Gasteiger partial charge >= 0.3 is 0 Å². The van der Waals surface area contributed by atoms with Crippen molar-refractivity contribution in [2.75, 3.05) is 6.54 Å². The van der Waals surface area contributed by atoms with Crippen LogP contribution in [-0.2, 0) is 0 Å². The molecule has 1 saturated carbocycles. The van der Waals surface area contributed by atoms with Gasteiger partial charge in [-0.2, -0.15) is 0 Å². The van der Waals surface area contributed by atoms with Crippen molar-refractivity contribution >= 4 is 34.8 Å². The maximum Gasteiger partial charge on any atom is 0.272 e. The van der Waals surface area contributed by atoms with Crippen molar-refractivity contribution in [3.8, 4) is 5.75 Å². The van der Waals surface area contributed by atoms with Gasteiger partial charge in [0, 0.05) is 11.6 Å². The first-order chi connectivity index (χ1) is 13.1. The molecule has 0 unspecified atom stereocenters. The minimum absolute atomic E-state index is 0.105. The van der Waals surface area contributed by atoms with Crippen LogP contribution in [0.25, 0.3) is 0 Å². The summed E-state index contributed by atoms with van der Waals surface area (Å²) >= 11 is 12.0. The van der Waals surface area contributed by atoms with Crippen molar-refractivity contribution in [2.24, 2.45) is 4.99 Å². The van der Waals surface area contributed by atoms with Gasteiger partial charge in [0.25, 0.3) is 5.91 Å². The second kappa shape index (κ2) is 7.82. The molecule has 0 radical (unpaired) electrons. The van der Waals surface area contributed by atoms with E-state index in [1.54, 1.807) is 12.1 Å². The lowest BCUT2D eigenvalue weighted by molar-refractivity contribution is 0.0888. The number of halogens is 2. The normalized spacial score (nSPS) is 21.3. The second-order valence-corrected chi connectivity index (χ2v) is 7.51. The minimum atomic E-state index is -0.228. The van der Waals surface area contributed by atoms with Crippen molar-refractivity contribution in [3.63, 3.8) is 0 Å². The molecule has 1 N–H and O–H groups in total. The lowest BCUT2D eigenvalue weighted by Crippen LogP contribution is -2.40. The second-order valence-electron chi connectivity index (χ2n) is 6.71. The van der Waals surface area contributed by atoms with Crippen LogP contribution in [0.15, 0.2) is 35.3 Å². The third kappa shape index (κ3) is 4.57. The van der Waals surface area contributed by atoms with Crippen molar-refractivity contribution in [1.82, 2.24) is 15.5 Å². The lowest BCUT2D eigenvalue weighted by Gasteiger charge is -2.29. The summed E-state index contributed by atoms with van der Waals surface area (Å²) in [7, 11) is 0. The zero-order valence-corrected chi connectivity index (χ0v) is 16.0. The number of hydrogen-bond acceptors (Lipinski definition) is 5. The Bertz CT molecular complexity index is 878. The summed E-state index contributed by atoms with van der Waals surface area (Å²) in [4.78, 5) is 16.4. The highest BCUT2D eigenvalue weighted by Gasteiger charge is 2.25. The Balaban J connectivity index is 1.27. The van der Waals surface area contributed by atoms with Crippen LogP contribution in [0.4, 0.5) is 0 Å². The number of benzene rings is 1. The van der Waals surface area contributed by atoms with E-state index in [2.05, 4.69) is 20.5 Å². The van der Waals surface area contributed by atoms with E-state index in [0.29, 0.717) is 5.02 Å². The standard InChI is InChI=1S/C19H18Cl2N4O2/c20-15-9-13(5-6-14(15)17-10-22-17)27-12-3-1-11(2-4-12)23-19(26)16-7-8-18(21)25-24-16/h5-9,11-12H,1-4,10H2,(H,23,26). The van der Waals surface area contributed by atoms with Gasteiger partial charge in [0.2, 0.25) is 0 Å². The Kier molecular flexibility index (Phi) is 5.27. The van der Waals surface area contributed by atoms with Crippen molar-refractivity contribution in [2.45, 2.75) is 37.8 Å². The number of carbonyl (C=O) groups is 1. The molecule has 1 aromatic heterocycles. The minimum Gasteiger partial charge on any atom is -0.490 e. The number of aromatic nitrogens is 2. The van der Waals surface area contributed by atoms with Gasteiger partial charge in [-0.15, -0.1) is 10.2 Å². The van der Waals surface area contributed by atoms with Crippen molar-refractivity contribution in [1.29, 1.82) is 0 Å². The lowest BCUT2D eigenvalue weighted by atomic mass is 9.92. The SMILES string of the molecule is O=C(NC1CCC(Oc2ccc(C3=NC3)c(Cl)c2)CC1)c1ccc(Cl)nn1. The van der Waals surface area contributed by atoms with E-state index in [-0.39, 0.29) is 28.9 Å². The first-order valence-corrected chi connectivity index (χ1v) is 9.64. The van der Waals surface area contributed by atoms with Crippen LogP contribution >= 0.6 is 23.2 Å². The van der Waals surface area contributed by atoms with E-state index in [0.717, 1.165) is 49.3 Å². The summed E-state index contributed by atoms with van der Waals surface area (Å²) in [6, 6.07) is 8.98. The van der Waals surface area contributed by atoms with Crippen LogP contribution in [0.1, 0.15) is 41.7 Å². The number of rotatable bonds is 5. The van der Waals surface area contributed by atoms with E-state index >= 15 is 0 Å². The third-order valence-corrected chi connectivity index (χ3v) is 5.26. The van der Waals surface area contributed by atoms with Crippen LogP contribution in [-0.4, -0.2) is 40.5 Å². The summed E-state index contributed by atoms with van der Waals surface area (Å²) in [6.45, 7) is 0.775. The summed E-state index contributed by atoms with van der Waals surface area (Å²) in [6.07, 6.45) is 3.54. The highest BCUT2D eigenvalue weighted by atomic mass is 35.5. The van der Waals surface area contributed by atoms with Gasteiger partial charge in [-0.25, -0.2) is 0 Å². The molecular weight excluding hydrogens is 387 g/mol. The van der Waals surface area contributed by atoms with Gasteiger partial charge < -0.3 is 10.1 Å². The highest BCUT2D eigenvalue weighted by molar-refractivity contribution is 6.35. The largest absolute Gasteiger partial charge is 0.490 e. The highest BCUT2D eigenvalue weighted by Crippen LogP contribution is 2.29. The monoisotopic (exact) mass is 404 g/mol. The zero-order chi connectivity index (χ0) is 18.8. The van der Waals surface area contributed by atoms with Crippen molar-refractivity contribution in [3.05, 3.63) is 51.8 Å². The van der Waals surface area contributed by atoms with E-state index in [1.165, 1.54) is 0 Å². The molecule has 1 fully saturated rings. The smallest absolute Gasteiger partial charge is 0.272 e. The van der Waals surface area contributed by atoms with Gasteiger partial charge in [0.05, 0.1) is 23.4 Å². The van der Waals surface area contributed by atoms with Crippen LogP contribution in [0, 0.1) is 0 Å². The molecule has 1 aromatic carbocycles. The predicted molar refractivity (Wildman–Crippen MR) is 104 cm³/mol. The third-order valence-electron chi connectivity index (χ3n) is 4.74. The molecule has 0 atom stereocenters. The summed E-state index contributed by atoms with van der Waals surface area (Å²) < 4.78 is 6.07. The van der Waals surface area contributed by atoms with Gasteiger partial charge in [0.1, 0.15) is 5.75 Å². The molecular formula is C19H18Cl2N4O2. The van der Waals surface area contributed by atoms with E-state index in [1.807, 2.05) is 18.2 Å². The molecule has 0 spiro atoms. The fourth-order valence-corrected chi connectivity index (χ4v) is 3.61. The van der Waals surface area contributed by atoms with E-state index in [4.69, 9.17) is 27.9 Å². The fourth-order valence-electron chi connectivity index (χ4n) is 3.23. The Morgan fingerprint density at radius 1 is 1.07 bits per heavy atom. The number of nitrogens with zero attached hydrogens (tertiary/aromatic N) is 3. The number of nitrogens with one attached hydrogen (secondary N) is 1. The number of ether oxygens (including phenoxy) is 1. The van der Waals surface area contributed by atoms with Gasteiger partial charge in [0.15, 0.2) is 10.8 Å². The Morgan fingerprint density at radius 2 is 1.85 bits per heavy atom. The van der Waals surface area contributed by atoms with Crippen LogP contribution in [0.5, 0.6) is 5.75 Å². The molecule has 2 aliphatic rings. The molecule has 27 heavy (non-hydrogen) atoms. The molecule has 1 aliphatic heterocycles. The number of carbonyl (C=O) groups excluding carboxylic acids is 1. The number of hydrogen-bond donors (Lipinski definition) is 1. The molecule has 140 valence electrons. The topological polar surface area (TPSA) is 76.5 Å². The maximum atomic E-state index is 12.2. The predicted octanol–water partition coefficient (Wildman–Crippen LogP) is 3.71. The average molecular weight is 405 g/mol. The summed E-state index contributed by atoms with van der Waals surface area (Å²) in [5.74, 6) is 0.544. The van der Waals surface area contributed by atoms with Gasteiger partial charge in [-0.05, 0) is 56.0 Å². The molecule has 0 saturated heterocycles. The van der Waals surface area contributed by atoms with E-state index in [9.17, 15) is 4.79 Å². The Hall–Kier alpha value is -2.18. The first-order valence-electron chi connectivity index (χ1n) is 8.88. The first kappa shape index (κ1) is 18.2. The van der Waals surface area contributed by atoms with E-state index < -0.39 is 0 Å². The molecule has 1 amide bonds. The van der Waals surface area contributed by atoms with Crippen LogP contribution in [0.3, 0.4) is 0 Å². The number of aliphatic imine (C=N–C) groups is 1. The molecule has 4 rings (SSSR count). The molecule has 0 bridgehead atoms. The Morgan fingerprint density at radius 3 is 2.48 bits per heavy atom. The summed E-state index contributed by atoms with van der Waals surface area (Å²) in [5, 5.41) is 11.4. The van der Waals surface area contributed by atoms with Crippen LogP contribution < -0.4 is 10.1 Å². The fraction of sp³-hybridized carbons (Fsp3) is 0.368. The van der Waals surface area contributed by atoms with Gasteiger partial charge in [-0.1, -0.05) is 23.2 Å². The number of amides is 1.